The molecular weight excluding hydrogens is 354 g/mol. The number of piperazine rings is 1. The molecule has 3 heterocycles. The maximum absolute atomic E-state index is 13.0. The van der Waals surface area contributed by atoms with Crippen LogP contribution in [-0.2, 0) is 20.7 Å². The Morgan fingerprint density at radius 2 is 1.89 bits per heavy atom. The Morgan fingerprint density at radius 3 is 2.54 bits per heavy atom. The van der Waals surface area contributed by atoms with Crippen molar-refractivity contribution in [3.8, 4) is 0 Å². The van der Waals surface area contributed by atoms with Crippen molar-refractivity contribution in [2.75, 3.05) is 50.8 Å². The van der Waals surface area contributed by atoms with E-state index in [1.807, 2.05) is 17.0 Å². The van der Waals surface area contributed by atoms with Gasteiger partial charge in [-0.2, -0.15) is 0 Å². The lowest BCUT2D eigenvalue weighted by molar-refractivity contribution is -0.137. The maximum atomic E-state index is 13.0. The van der Waals surface area contributed by atoms with Gasteiger partial charge in [-0.15, -0.1) is 0 Å². The molecule has 3 aliphatic rings. The van der Waals surface area contributed by atoms with Gasteiger partial charge in [0.2, 0.25) is 11.8 Å². The molecule has 3 aliphatic heterocycles. The molecule has 1 aromatic carbocycles. The standard InChI is InChI=1S/C22H31N3O3/c1-2-17-5-7-19(8-6-17)25-15-18(14-21(25)26)22(27)24-11-9-23(10-12-24)16-20-4-3-13-28-20/h5-8,18,20H,2-4,9-16H2,1H3. The largest absolute Gasteiger partial charge is 0.377 e. The van der Waals surface area contributed by atoms with E-state index in [9.17, 15) is 9.59 Å². The molecule has 3 saturated heterocycles. The Kier molecular flexibility index (Phi) is 5.97. The number of hydrogen-bond donors (Lipinski definition) is 0. The lowest BCUT2D eigenvalue weighted by atomic mass is 10.1. The zero-order chi connectivity index (χ0) is 19.5. The molecule has 0 aromatic heterocycles. The minimum absolute atomic E-state index is 0.0552. The summed E-state index contributed by atoms with van der Waals surface area (Å²) in [6.45, 7) is 7.78. The summed E-state index contributed by atoms with van der Waals surface area (Å²) in [5, 5.41) is 0. The normalized spacial score (nSPS) is 26.2. The average Bonchev–Trinajstić information content (AvgIpc) is 3.38. The van der Waals surface area contributed by atoms with Crippen LogP contribution in [-0.4, -0.2) is 73.6 Å². The van der Waals surface area contributed by atoms with E-state index in [2.05, 4.69) is 24.0 Å². The first kappa shape index (κ1) is 19.4. The van der Waals surface area contributed by atoms with Crippen LogP contribution in [0.1, 0.15) is 31.7 Å². The molecule has 6 nitrogen and oxygen atoms in total. The second kappa shape index (κ2) is 8.62. The fourth-order valence-corrected chi connectivity index (χ4v) is 4.52. The predicted octanol–water partition coefficient (Wildman–Crippen LogP) is 1.93. The van der Waals surface area contributed by atoms with E-state index in [0.29, 0.717) is 19.1 Å². The Bertz CT molecular complexity index is 691. The van der Waals surface area contributed by atoms with E-state index < -0.39 is 0 Å². The van der Waals surface area contributed by atoms with Gasteiger partial charge in [-0.25, -0.2) is 0 Å². The van der Waals surface area contributed by atoms with Crippen molar-refractivity contribution in [1.82, 2.24) is 9.80 Å². The van der Waals surface area contributed by atoms with Gasteiger partial charge in [0.1, 0.15) is 0 Å². The number of benzene rings is 1. The number of nitrogens with zero attached hydrogens (tertiary/aromatic N) is 3. The molecule has 3 fully saturated rings. The van der Waals surface area contributed by atoms with E-state index in [1.165, 1.54) is 5.56 Å². The maximum Gasteiger partial charge on any atom is 0.228 e. The molecule has 1 aromatic rings. The predicted molar refractivity (Wildman–Crippen MR) is 108 cm³/mol. The SMILES string of the molecule is CCc1ccc(N2CC(C(=O)N3CCN(CC4CCCO4)CC3)CC2=O)cc1. The van der Waals surface area contributed by atoms with Crippen LogP contribution in [0.5, 0.6) is 0 Å². The number of aryl methyl sites for hydroxylation is 1. The second-order valence-corrected chi connectivity index (χ2v) is 8.19. The highest BCUT2D eigenvalue weighted by Gasteiger charge is 2.38. The number of rotatable bonds is 5. The summed E-state index contributed by atoms with van der Waals surface area (Å²) < 4.78 is 5.73. The minimum Gasteiger partial charge on any atom is -0.377 e. The van der Waals surface area contributed by atoms with E-state index >= 15 is 0 Å². The van der Waals surface area contributed by atoms with E-state index in [0.717, 1.165) is 64.3 Å². The van der Waals surface area contributed by atoms with Crippen LogP contribution < -0.4 is 4.90 Å². The first-order chi connectivity index (χ1) is 13.6. The van der Waals surface area contributed by atoms with Gasteiger partial charge >= 0.3 is 0 Å². The average molecular weight is 386 g/mol. The summed E-state index contributed by atoms with van der Waals surface area (Å²) in [5.41, 5.74) is 2.16. The number of ether oxygens (including phenoxy) is 1. The molecule has 0 N–H and O–H groups in total. The number of anilines is 1. The molecule has 0 spiro atoms. The quantitative estimate of drug-likeness (QED) is 0.777. The first-order valence-corrected chi connectivity index (χ1v) is 10.7. The molecule has 2 unspecified atom stereocenters. The van der Waals surface area contributed by atoms with Gasteiger partial charge in [0, 0.05) is 58.0 Å². The van der Waals surface area contributed by atoms with Crippen LogP contribution >= 0.6 is 0 Å². The molecule has 2 atom stereocenters. The first-order valence-electron chi connectivity index (χ1n) is 10.7. The van der Waals surface area contributed by atoms with Gasteiger partial charge in [-0.3, -0.25) is 14.5 Å². The van der Waals surface area contributed by atoms with Crippen LogP contribution in [0, 0.1) is 5.92 Å². The van der Waals surface area contributed by atoms with Crippen LogP contribution in [0.2, 0.25) is 0 Å². The fraction of sp³-hybridized carbons (Fsp3) is 0.636. The number of carbonyl (C=O) groups is 2. The van der Waals surface area contributed by atoms with Crippen molar-refractivity contribution in [2.24, 2.45) is 5.92 Å². The topological polar surface area (TPSA) is 53.1 Å². The fourth-order valence-electron chi connectivity index (χ4n) is 4.52. The molecule has 0 bridgehead atoms. The van der Waals surface area contributed by atoms with E-state index in [-0.39, 0.29) is 17.7 Å². The zero-order valence-electron chi connectivity index (χ0n) is 16.8. The number of amides is 2. The van der Waals surface area contributed by atoms with Gasteiger partial charge in [0.15, 0.2) is 0 Å². The molecule has 0 aliphatic carbocycles. The van der Waals surface area contributed by atoms with E-state index in [4.69, 9.17) is 4.74 Å². The van der Waals surface area contributed by atoms with Crippen molar-refractivity contribution in [3.63, 3.8) is 0 Å². The Labute approximate surface area is 167 Å². The number of carbonyl (C=O) groups excluding carboxylic acids is 2. The molecule has 6 heteroatoms. The van der Waals surface area contributed by atoms with Gasteiger partial charge in [0.25, 0.3) is 0 Å². The molecule has 0 saturated carbocycles. The van der Waals surface area contributed by atoms with Gasteiger partial charge in [-0.05, 0) is 37.0 Å². The van der Waals surface area contributed by atoms with Crippen molar-refractivity contribution in [2.45, 2.75) is 38.7 Å². The molecule has 4 rings (SSSR count). The summed E-state index contributed by atoms with van der Waals surface area (Å²) in [4.78, 5) is 31.6. The third-order valence-electron chi connectivity index (χ3n) is 6.30. The smallest absolute Gasteiger partial charge is 0.228 e. The van der Waals surface area contributed by atoms with Crippen molar-refractivity contribution in [1.29, 1.82) is 0 Å². The summed E-state index contributed by atoms with van der Waals surface area (Å²) in [6.07, 6.45) is 3.98. The van der Waals surface area contributed by atoms with Crippen LogP contribution in [0.15, 0.2) is 24.3 Å². The van der Waals surface area contributed by atoms with Crippen LogP contribution in [0.4, 0.5) is 5.69 Å². The number of hydrogen-bond acceptors (Lipinski definition) is 4. The van der Waals surface area contributed by atoms with Gasteiger partial charge in [0.05, 0.1) is 12.0 Å². The highest BCUT2D eigenvalue weighted by molar-refractivity contribution is 6.00. The van der Waals surface area contributed by atoms with Gasteiger partial charge < -0.3 is 14.5 Å². The molecule has 2 amide bonds. The summed E-state index contributed by atoms with van der Waals surface area (Å²) in [7, 11) is 0. The lowest BCUT2D eigenvalue weighted by Gasteiger charge is -2.36. The van der Waals surface area contributed by atoms with Gasteiger partial charge in [-0.1, -0.05) is 19.1 Å². The van der Waals surface area contributed by atoms with E-state index in [1.54, 1.807) is 4.90 Å². The summed E-state index contributed by atoms with van der Waals surface area (Å²) >= 11 is 0. The van der Waals surface area contributed by atoms with Crippen LogP contribution in [0.25, 0.3) is 0 Å². The third kappa shape index (κ3) is 4.23. The zero-order valence-corrected chi connectivity index (χ0v) is 16.8. The highest BCUT2D eigenvalue weighted by Crippen LogP contribution is 2.27. The molecule has 0 radical (unpaired) electrons. The van der Waals surface area contributed by atoms with Crippen molar-refractivity contribution >= 4 is 17.5 Å². The third-order valence-corrected chi connectivity index (χ3v) is 6.30. The van der Waals surface area contributed by atoms with Crippen molar-refractivity contribution in [3.05, 3.63) is 29.8 Å². The monoisotopic (exact) mass is 385 g/mol. The Morgan fingerprint density at radius 1 is 1.14 bits per heavy atom. The Hall–Kier alpha value is -1.92. The molecular formula is C22H31N3O3. The second-order valence-electron chi connectivity index (χ2n) is 8.19. The summed E-state index contributed by atoms with van der Waals surface area (Å²) in [5.74, 6) is -0.0273. The lowest BCUT2D eigenvalue weighted by Crippen LogP contribution is -2.52. The Balaban J connectivity index is 1.29. The minimum atomic E-state index is -0.219. The van der Waals surface area contributed by atoms with Crippen LogP contribution in [0.3, 0.4) is 0 Å². The molecule has 28 heavy (non-hydrogen) atoms. The van der Waals surface area contributed by atoms with Crippen molar-refractivity contribution < 1.29 is 14.3 Å². The summed E-state index contributed by atoms with van der Waals surface area (Å²) in [6, 6.07) is 8.11. The highest BCUT2D eigenvalue weighted by atomic mass is 16.5. The molecule has 152 valence electrons.